The molecule has 0 fully saturated rings. The average molecular weight is 393 g/mol. The van der Waals surface area contributed by atoms with Crippen molar-refractivity contribution < 1.29 is 9.32 Å². The Morgan fingerprint density at radius 2 is 2.14 bits per heavy atom. The number of hydrogen-bond acceptors (Lipinski definition) is 6. The summed E-state index contributed by atoms with van der Waals surface area (Å²) < 4.78 is 7.17. The van der Waals surface area contributed by atoms with Gasteiger partial charge in [0.15, 0.2) is 0 Å². The largest absolute Gasteiger partial charge is 0.342 e. The maximum Gasteiger partial charge on any atom is 0.227 e. The number of thiophene rings is 1. The van der Waals surface area contributed by atoms with Crippen LogP contribution in [0.15, 0.2) is 64.1 Å². The number of hydrogen-bond donors (Lipinski definition) is 1. The lowest BCUT2D eigenvalue weighted by Gasteiger charge is -2.19. The van der Waals surface area contributed by atoms with Crippen molar-refractivity contribution in [2.75, 3.05) is 0 Å². The number of aryl methyl sites for hydroxylation is 2. The molecule has 4 rings (SSSR count). The zero-order valence-electron chi connectivity index (χ0n) is 15.3. The first kappa shape index (κ1) is 18.1. The lowest BCUT2D eigenvalue weighted by molar-refractivity contribution is -0.121. The Kier molecular flexibility index (Phi) is 5.29. The molecule has 4 aromatic rings. The van der Waals surface area contributed by atoms with Crippen molar-refractivity contribution in [2.24, 2.45) is 7.05 Å². The van der Waals surface area contributed by atoms with E-state index < -0.39 is 0 Å². The topological polar surface area (TPSA) is 85.8 Å². The van der Waals surface area contributed by atoms with Crippen molar-refractivity contribution in [1.29, 1.82) is 0 Å². The van der Waals surface area contributed by atoms with Gasteiger partial charge in [-0.05, 0) is 17.0 Å². The van der Waals surface area contributed by atoms with E-state index in [-0.39, 0.29) is 18.4 Å². The van der Waals surface area contributed by atoms with Crippen LogP contribution in [0.25, 0.3) is 11.4 Å². The molecule has 0 spiro atoms. The Bertz CT molecular complexity index is 1040. The fourth-order valence-corrected chi connectivity index (χ4v) is 3.55. The smallest absolute Gasteiger partial charge is 0.227 e. The van der Waals surface area contributed by atoms with Gasteiger partial charge in [-0.25, -0.2) is 4.98 Å². The molecule has 1 aromatic carbocycles. The number of aromatic nitrogens is 4. The maximum absolute atomic E-state index is 12.6. The van der Waals surface area contributed by atoms with E-state index in [0.717, 1.165) is 17.0 Å². The van der Waals surface area contributed by atoms with Crippen LogP contribution in [-0.2, 0) is 18.3 Å². The SMILES string of the molecule is Cn1ccnc1[C@@H](NC(=O)CCc1nc(-c2ccsc2)no1)c1ccccc1. The minimum absolute atomic E-state index is 0.105. The van der Waals surface area contributed by atoms with Crippen molar-refractivity contribution in [3.8, 4) is 11.4 Å². The summed E-state index contributed by atoms with van der Waals surface area (Å²) in [6.45, 7) is 0. The average Bonchev–Trinajstić information content (AvgIpc) is 3.47. The van der Waals surface area contributed by atoms with Crippen molar-refractivity contribution in [3.63, 3.8) is 0 Å². The molecule has 0 aliphatic rings. The first-order valence-electron chi connectivity index (χ1n) is 8.87. The highest BCUT2D eigenvalue weighted by Crippen LogP contribution is 2.21. The van der Waals surface area contributed by atoms with Crippen LogP contribution in [0, 0.1) is 0 Å². The van der Waals surface area contributed by atoms with Gasteiger partial charge in [-0.15, -0.1) is 0 Å². The number of rotatable bonds is 7. The summed E-state index contributed by atoms with van der Waals surface area (Å²) in [4.78, 5) is 21.4. The molecule has 7 nitrogen and oxygen atoms in total. The lowest BCUT2D eigenvalue weighted by atomic mass is 10.1. The minimum atomic E-state index is -0.322. The summed E-state index contributed by atoms with van der Waals surface area (Å²) in [7, 11) is 1.91. The molecule has 0 aliphatic heterocycles. The van der Waals surface area contributed by atoms with Crippen molar-refractivity contribution in [2.45, 2.75) is 18.9 Å². The fourth-order valence-electron chi connectivity index (χ4n) is 2.92. The molecular formula is C20H19N5O2S. The van der Waals surface area contributed by atoms with E-state index in [1.807, 2.05) is 65.0 Å². The monoisotopic (exact) mass is 393 g/mol. The molecule has 0 radical (unpaired) electrons. The van der Waals surface area contributed by atoms with Crippen molar-refractivity contribution in [3.05, 3.63) is 76.8 Å². The molecule has 0 aliphatic carbocycles. The molecule has 3 aromatic heterocycles. The molecule has 1 atom stereocenters. The second kappa shape index (κ2) is 8.18. The molecular weight excluding hydrogens is 374 g/mol. The van der Waals surface area contributed by atoms with Gasteiger partial charge >= 0.3 is 0 Å². The molecule has 142 valence electrons. The highest BCUT2D eigenvalue weighted by molar-refractivity contribution is 7.08. The lowest BCUT2D eigenvalue weighted by Crippen LogP contribution is -2.31. The number of carbonyl (C=O) groups excluding carboxylic acids is 1. The Hall–Kier alpha value is -3.26. The summed E-state index contributed by atoms with van der Waals surface area (Å²) in [6.07, 6.45) is 4.22. The summed E-state index contributed by atoms with van der Waals surface area (Å²) in [5, 5.41) is 11.0. The molecule has 0 saturated carbocycles. The van der Waals surface area contributed by atoms with Gasteiger partial charge in [-0.1, -0.05) is 35.5 Å². The van der Waals surface area contributed by atoms with E-state index in [9.17, 15) is 4.79 Å². The molecule has 0 unspecified atom stereocenters. The second-order valence-electron chi connectivity index (χ2n) is 6.33. The van der Waals surface area contributed by atoms with Gasteiger partial charge in [0.1, 0.15) is 11.9 Å². The molecule has 0 bridgehead atoms. The van der Waals surface area contributed by atoms with Crippen LogP contribution in [0.4, 0.5) is 0 Å². The third kappa shape index (κ3) is 4.01. The Labute approximate surface area is 166 Å². The fraction of sp³-hybridized carbons (Fsp3) is 0.200. The van der Waals surface area contributed by atoms with Crippen LogP contribution in [0.3, 0.4) is 0 Å². The van der Waals surface area contributed by atoms with Crippen molar-refractivity contribution in [1.82, 2.24) is 25.0 Å². The molecule has 0 saturated heterocycles. The number of carbonyl (C=O) groups is 1. The van der Waals surface area contributed by atoms with E-state index in [2.05, 4.69) is 20.4 Å². The van der Waals surface area contributed by atoms with Crippen LogP contribution in [0.1, 0.15) is 29.7 Å². The second-order valence-corrected chi connectivity index (χ2v) is 7.11. The number of nitrogens with one attached hydrogen (secondary N) is 1. The molecule has 8 heteroatoms. The van der Waals surface area contributed by atoms with Crippen LogP contribution in [-0.4, -0.2) is 25.6 Å². The Morgan fingerprint density at radius 3 is 2.86 bits per heavy atom. The molecule has 1 amide bonds. The highest BCUT2D eigenvalue weighted by Gasteiger charge is 2.21. The number of amides is 1. The Balaban J connectivity index is 1.43. The van der Waals surface area contributed by atoms with E-state index >= 15 is 0 Å². The van der Waals surface area contributed by atoms with Gasteiger partial charge in [0.25, 0.3) is 0 Å². The predicted octanol–water partition coefficient (Wildman–Crippen LogP) is 3.37. The third-order valence-electron chi connectivity index (χ3n) is 4.37. The van der Waals surface area contributed by atoms with Gasteiger partial charge in [-0.3, -0.25) is 4.79 Å². The summed E-state index contributed by atoms with van der Waals surface area (Å²) in [5.41, 5.74) is 1.89. The quantitative estimate of drug-likeness (QED) is 0.520. The van der Waals surface area contributed by atoms with Crippen molar-refractivity contribution >= 4 is 17.2 Å². The van der Waals surface area contributed by atoms with E-state index in [4.69, 9.17) is 4.52 Å². The zero-order valence-corrected chi connectivity index (χ0v) is 16.1. The maximum atomic E-state index is 12.6. The van der Waals surface area contributed by atoms with Crippen LogP contribution in [0.5, 0.6) is 0 Å². The van der Waals surface area contributed by atoms with Gasteiger partial charge in [-0.2, -0.15) is 16.3 Å². The van der Waals surface area contributed by atoms with E-state index in [1.165, 1.54) is 0 Å². The standard InChI is InChI=1S/C20H19N5O2S/c1-25-11-10-21-20(25)18(14-5-3-2-4-6-14)22-16(26)7-8-17-23-19(24-27-17)15-9-12-28-13-15/h2-6,9-13,18H,7-8H2,1H3,(H,22,26)/t18-/m0/s1. The van der Waals surface area contributed by atoms with Gasteiger partial charge in [0.2, 0.25) is 17.6 Å². The number of benzene rings is 1. The van der Waals surface area contributed by atoms with Crippen LogP contribution in [0.2, 0.25) is 0 Å². The normalized spacial score (nSPS) is 12.0. The van der Waals surface area contributed by atoms with E-state index in [1.54, 1.807) is 17.5 Å². The molecule has 28 heavy (non-hydrogen) atoms. The first-order chi connectivity index (χ1) is 13.7. The van der Waals surface area contributed by atoms with Gasteiger partial charge in [0.05, 0.1) is 0 Å². The number of imidazole rings is 1. The third-order valence-corrected chi connectivity index (χ3v) is 5.05. The van der Waals surface area contributed by atoms with Gasteiger partial charge < -0.3 is 14.4 Å². The molecule has 3 heterocycles. The number of nitrogens with zero attached hydrogens (tertiary/aromatic N) is 4. The van der Waals surface area contributed by atoms with Gasteiger partial charge in [0, 0.05) is 43.2 Å². The Morgan fingerprint density at radius 1 is 1.29 bits per heavy atom. The summed E-state index contributed by atoms with van der Waals surface area (Å²) >= 11 is 1.57. The summed E-state index contributed by atoms with van der Waals surface area (Å²) in [5.74, 6) is 1.67. The van der Waals surface area contributed by atoms with E-state index in [0.29, 0.717) is 18.1 Å². The summed E-state index contributed by atoms with van der Waals surface area (Å²) in [6, 6.07) is 11.4. The zero-order chi connectivity index (χ0) is 19.3. The molecule has 1 N–H and O–H groups in total. The highest BCUT2D eigenvalue weighted by atomic mass is 32.1. The van der Waals surface area contributed by atoms with Crippen LogP contribution >= 0.6 is 11.3 Å². The predicted molar refractivity (Wildman–Crippen MR) is 106 cm³/mol. The first-order valence-corrected chi connectivity index (χ1v) is 9.81. The minimum Gasteiger partial charge on any atom is -0.342 e. The van der Waals surface area contributed by atoms with Crippen LogP contribution < -0.4 is 5.32 Å².